The highest BCUT2D eigenvalue weighted by Crippen LogP contribution is 2.25. The molecule has 0 aliphatic carbocycles. The van der Waals surface area contributed by atoms with E-state index in [0.29, 0.717) is 5.02 Å². The molecule has 82 valence electrons. The van der Waals surface area contributed by atoms with Gasteiger partial charge in [0.05, 0.1) is 5.02 Å². The summed E-state index contributed by atoms with van der Waals surface area (Å²) in [6, 6.07) is 12.9. The summed E-state index contributed by atoms with van der Waals surface area (Å²) in [7, 11) is 0. The lowest BCUT2D eigenvalue weighted by Crippen LogP contribution is -1.87. The van der Waals surface area contributed by atoms with Gasteiger partial charge in [0.25, 0.3) is 0 Å². The van der Waals surface area contributed by atoms with E-state index in [1.165, 1.54) is 0 Å². The SMILES string of the molecule is Oc1ccc(Cc2cccc(Cl)c2)cc1Cl. The summed E-state index contributed by atoms with van der Waals surface area (Å²) in [4.78, 5) is 0. The second-order valence-electron chi connectivity index (χ2n) is 3.59. The third kappa shape index (κ3) is 2.69. The second kappa shape index (κ2) is 4.77. The summed E-state index contributed by atoms with van der Waals surface area (Å²) in [6.07, 6.45) is 0.751. The average Bonchev–Trinajstić information content (AvgIpc) is 2.24. The van der Waals surface area contributed by atoms with Crippen molar-refractivity contribution < 1.29 is 5.11 Å². The van der Waals surface area contributed by atoms with E-state index in [1.54, 1.807) is 12.1 Å². The van der Waals surface area contributed by atoms with E-state index in [4.69, 9.17) is 23.2 Å². The topological polar surface area (TPSA) is 20.2 Å². The van der Waals surface area contributed by atoms with Crippen LogP contribution in [0.4, 0.5) is 0 Å². The number of aromatic hydroxyl groups is 1. The van der Waals surface area contributed by atoms with Crippen molar-refractivity contribution in [3.63, 3.8) is 0 Å². The number of benzene rings is 2. The maximum atomic E-state index is 9.30. The first-order valence-electron chi connectivity index (χ1n) is 4.87. The van der Waals surface area contributed by atoms with Gasteiger partial charge in [-0.05, 0) is 41.8 Å². The average molecular weight is 253 g/mol. The molecule has 0 radical (unpaired) electrons. The van der Waals surface area contributed by atoms with Crippen LogP contribution in [0.5, 0.6) is 5.75 Å². The van der Waals surface area contributed by atoms with Crippen LogP contribution in [-0.4, -0.2) is 5.11 Å². The Hall–Kier alpha value is -1.18. The fraction of sp³-hybridized carbons (Fsp3) is 0.0769. The van der Waals surface area contributed by atoms with Gasteiger partial charge in [-0.25, -0.2) is 0 Å². The standard InChI is InChI=1S/C13H10Cl2O/c14-11-3-1-2-9(7-11)6-10-4-5-13(16)12(15)8-10/h1-5,7-8,16H,6H2. The summed E-state index contributed by atoms with van der Waals surface area (Å²) in [5.74, 6) is 0.108. The van der Waals surface area contributed by atoms with Crippen LogP contribution in [0.1, 0.15) is 11.1 Å². The minimum absolute atomic E-state index is 0.108. The third-order valence-corrected chi connectivity index (χ3v) is 2.85. The Kier molecular flexibility index (Phi) is 3.37. The Morgan fingerprint density at radius 3 is 2.38 bits per heavy atom. The maximum absolute atomic E-state index is 9.30. The molecule has 1 N–H and O–H groups in total. The molecule has 0 atom stereocenters. The minimum atomic E-state index is 0.108. The van der Waals surface area contributed by atoms with Gasteiger partial charge in [0.1, 0.15) is 5.75 Å². The van der Waals surface area contributed by atoms with Crippen molar-refractivity contribution in [1.29, 1.82) is 0 Å². The molecule has 2 rings (SSSR count). The van der Waals surface area contributed by atoms with Gasteiger partial charge in [-0.3, -0.25) is 0 Å². The summed E-state index contributed by atoms with van der Waals surface area (Å²) in [6.45, 7) is 0. The molecule has 0 aliphatic rings. The molecule has 0 amide bonds. The molecule has 2 aromatic carbocycles. The van der Waals surface area contributed by atoms with Crippen molar-refractivity contribution in [3.8, 4) is 5.75 Å². The van der Waals surface area contributed by atoms with Crippen molar-refractivity contribution in [1.82, 2.24) is 0 Å². The summed E-state index contributed by atoms with van der Waals surface area (Å²) >= 11 is 11.7. The van der Waals surface area contributed by atoms with E-state index in [0.717, 1.165) is 22.6 Å². The van der Waals surface area contributed by atoms with Crippen LogP contribution in [0.25, 0.3) is 0 Å². The zero-order valence-corrected chi connectivity index (χ0v) is 9.96. The van der Waals surface area contributed by atoms with Crippen LogP contribution < -0.4 is 0 Å². The Balaban J connectivity index is 2.24. The number of hydrogen-bond acceptors (Lipinski definition) is 1. The number of hydrogen-bond donors (Lipinski definition) is 1. The molecule has 0 heterocycles. The zero-order chi connectivity index (χ0) is 11.5. The van der Waals surface area contributed by atoms with Gasteiger partial charge >= 0.3 is 0 Å². The molecule has 16 heavy (non-hydrogen) atoms. The Morgan fingerprint density at radius 1 is 0.938 bits per heavy atom. The normalized spacial score (nSPS) is 10.4. The Labute approximate surface area is 104 Å². The number of rotatable bonds is 2. The predicted octanol–water partition coefficient (Wildman–Crippen LogP) is 4.29. The summed E-state index contributed by atoms with van der Waals surface area (Å²) < 4.78 is 0. The summed E-state index contributed by atoms with van der Waals surface area (Å²) in [5, 5.41) is 10.4. The van der Waals surface area contributed by atoms with Crippen LogP contribution in [0.2, 0.25) is 10.0 Å². The molecule has 0 bridgehead atoms. The fourth-order valence-electron chi connectivity index (χ4n) is 1.54. The molecule has 1 nitrogen and oxygen atoms in total. The lowest BCUT2D eigenvalue weighted by atomic mass is 10.1. The van der Waals surface area contributed by atoms with E-state index >= 15 is 0 Å². The maximum Gasteiger partial charge on any atom is 0.134 e. The first-order chi connectivity index (χ1) is 7.65. The highest BCUT2D eigenvalue weighted by Gasteiger charge is 2.01. The number of phenols is 1. The smallest absolute Gasteiger partial charge is 0.134 e. The zero-order valence-electron chi connectivity index (χ0n) is 8.45. The van der Waals surface area contributed by atoms with Crippen molar-refractivity contribution in [3.05, 3.63) is 63.6 Å². The van der Waals surface area contributed by atoms with Gasteiger partial charge in [-0.1, -0.05) is 41.4 Å². The molecule has 3 heteroatoms. The van der Waals surface area contributed by atoms with Crippen molar-refractivity contribution in [2.75, 3.05) is 0 Å². The molecular formula is C13H10Cl2O. The van der Waals surface area contributed by atoms with Crippen LogP contribution in [-0.2, 0) is 6.42 Å². The summed E-state index contributed by atoms with van der Waals surface area (Å²) in [5.41, 5.74) is 2.17. The molecule has 0 saturated carbocycles. The van der Waals surface area contributed by atoms with Crippen molar-refractivity contribution >= 4 is 23.2 Å². The lowest BCUT2D eigenvalue weighted by Gasteiger charge is -2.04. The van der Waals surface area contributed by atoms with Crippen molar-refractivity contribution in [2.45, 2.75) is 6.42 Å². The van der Waals surface area contributed by atoms with E-state index in [-0.39, 0.29) is 5.75 Å². The quantitative estimate of drug-likeness (QED) is 0.846. The van der Waals surface area contributed by atoms with Gasteiger partial charge < -0.3 is 5.11 Å². The van der Waals surface area contributed by atoms with Gasteiger partial charge in [0, 0.05) is 5.02 Å². The fourth-order valence-corrected chi connectivity index (χ4v) is 1.96. The third-order valence-electron chi connectivity index (χ3n) is 2.31. The van der Waals surface area contributed by atoms with Gasteiger partial charge in [0.2, 0.25) is 0 Å². The van der Waals surface area contributed by atoms with E-state index in [2.05, 4.69) is 0 Å². The first kappa shape index (κ1) is 11.3. The largest absolute Gasteiger partial charge is 0.506 e. The Morgan fingerprint density at radius 2 is 1.69 bits per heavy atom. The highest BCUT2D eigenvalue weighted by molar-refractivity contribution is 6.32. The van der Waals surface area contributed by atoms with Crippen LogP contribution in [0.15, 0.2) is 42.5 Å². The van der Waals surface area contributed by atoms with Gasteiger partial charge in [-0.15, -0.1) is 0 Å². The van der Waals surface area contributed by atoms with E-state index in [1.807, 2.05) is 30.3 Å². The van der Waals surface area contributed by atoms with Crippen LogP contribution in [0, 0.1) is 0 Å². The molecule has 0 saturated heterocycles. The van der Waals surface area contributed by atoms with Crippen LogP contribution >= 0.6 is 23.2 Å². The monoisotopic (exact) mass is 252 g/mol. The molecule has 0 fully saturated rings. The molecule has 0 aliphatic heterocycles. The molecule has 0 spiro atoms. The molecule has 0 aromatic heterocycles. The van der Waals surface area contributed by atoms with Gasteiger partial charge in [0.15, 0.2) is 0 Å². The van der Waals surface area contributed by atoms with Gasteiger partial charge in [-0.2, -0.15) is 0 Å². The minimum Gasteiger partial charge on any atom is -0.506 e. The van der Waals surface area contributed by atoms with E-state index < -0.39 is 0 Å². The number of phenolic OH excluding ortho intramolecular Hbond substituents is 1. The first-order valence-corrected chi connectivity index (χ1v) is 5.62. The molecule has 0 unspecified atom stereocenters. The Bertz CT molecular complexity index is 509. The number of halogens is 2. The van der Waals surface area contributed by atoms with Crippen molar-refractivity contribution in [2.24, 2.45) is 0 Å². The highest BCUT2D eigenvalue weighted by atomic mass is 35.5. The molecule has 2 aromatic rings. The molecular weight excluding hydrogens is 243 g/mol. The lowest BCUT2D eigenvalue weighted by molar-refractivity contribution is 0.475. The predicted molar refractivity (Wildman–Crippen MR) is 67.4 cm³/mol. The van der Waals surface area contributed by atoms with E-state index in [9.17, 15) is 5.11 Å². The second-order valence-corrected chi connectivity index (χ2v) is 4.44. The van der Waals surface area contributed by atoms with Crippen LogP contribution in [0.3, 0.4) is 0 Å².